The molecule has 0 radical (unpaired) electrons. The zero-order valence-corrected chi connectivity index (χ0v) is 12.9. The lowest BCUT2D eigenvalue weighted by atomic mass is 10.0. The molecule has 0 unspecified atom stereocenters. The molecule has 2 aromatic carbocycles. The zero-order valence-electron chi connectivity index (χ0n) is 12.1. The van der Waals surface area contributed by atoms with Gasteiger partial charge in [0.2, 0.25) is 0 Å². The quantitative estimate of drug-likeness (QED) is 0.758. The fourth-order valence-electron chi connectivity index (χ4n) is 2.15. The molecule has 0 aliphatic carbocycles. The summed E-state index contributed by atoms with van der Waals surface area (Å²) >= 11 is 6.22. The molecule has 0 aliphatic heterocycles. The predicted octanol–water partition coefficient (Wildman–Crippen LogP) is 5.09. The van der Waals surface area contributed by atoms with Crippen LogP contribution in [0.1, 0.15) is 24.5 Å². The van der Waals surface area contributed by atoms with Crippen molar-refractivity contribution in [3.05, 3.63) is 58.1 Å². The second-order valence-corrected chi connectivity index (χ2v) is 5.48. The van der Waals surface area contributed by atoms with E-state index in [4.69, 9.17) is 11.6 Å². The van der Waals surface area contributed by atoms with E-state index in [0.717, 1.165) is 18.5 Å². The van der Waals surface area contributed by atoms with Gasteiger partial charge in [0, 0.05) is 22.7 Å². The van der Waals surface area contributed by atoms with E-state index in [1.165, 1.54) is 19.1 Å². The van der Waals surface area contributed by atoms with Gasteiger partial charge in [-0.15, -0.1) is 0 Å². The van der Waals surface area contributed by atoms with Crippen LogP contribution in [-0.4, -0.2) is 6.54 Å². The van der Waals surface area contributed by atoms with Crippen molar-refractivity contribution in [3.63, 3.8) is 0 Å². The van der Waals surface area contributed by atoms with Crippen LogP contribution in [0.3, 0.4) is 0 Å². The number of nitrogens with one attached hydrogen (secondary N) is 1. The highest BCUT2D eigenvalue weighted by atomic mass is 35.5. The summed E-state index contributed by atoms with van der Waals surface area (Å²) in [5.41, 5.74) is 2.00. The normalized spacial score (nSPS) is 10.9. The number of aryl methyl sites for hydroxylation is 1. The molecule has 0 spiro atoms. The molecule has 0 heterocycles. The summed E-state index contributed by atoms with van der Waals surface area (Å²) in [7, 11) is 0. The zero-order chi connectivity index (χ0) is 15.4. The Hall–Kier alpha value is -1.45. The second kappa shape index (κ2) is 7.01. The Morgan fingerprint density at radius 1 is 1.05 bits per heavy atom. The van der Waals surface area contributed by atoms with Crippen molar-refractivity contribution in [2.45, 2.75) is 26.8 Å². The average molecular weight is 310 g/mol. The molecule has 2 rings (SSSR count). The summed E-state index contributed by atoms with van der Waals surface area (Å²) < 4.78 is 27.6. The largest absolute Gasteiger partial charge is 0.313 e. The molecule has 0 bridgehead atoms. The van der Waals surface area contributed by atoms with Crippen molar-refractivity contribution < 1.29 is 8.78 Å². The number of benzene rings is 2. The minimum absolute atomic E-state index is 0.191. The summed E-state index contributed by atoms with van der Waals surface area (Å²) in [6.45, 7) is 5.26. The SMILES string of the molecule is CCCNCc1ccc(-c2cc(F)c(C)cc2F)c(Cl)c1. The van der Waals surface area contributed by atoms with E-state index in [1.807, 2.05) is 6.07 Å². The molecule has 21 heavy (non-hydrogen) atoms. The van der Waals surface area contributed by atoms with Gasteiger partial charge >= 0.3 is 0 Å². The molecule has 1 nitrogen and oxygen atoms in total. The minimum atomic E-state index is -0.465. The Morgan fingerprint density at radius 3 is 2.48 bits per heavy atom. The molecule has 0 saturated carbocycles. The van der Waals surface area contributed by atoms with Crippen LogP contribution >= 0.6 is 11.6 Å². The maximum atomic E-state index is 14.0. The van der Waals surface area contributed by atoms with E-state index < -0.39 is 11.6 Å². The van der Waals surface area contributed by atoms with Gasteiger partial charge in [0.1, 0.15) is 11.6 Å². The third kappa shape index (κ3) is 3.80. The van der Waals surface area contributed by atoms with Crippen LogP contribution in [0.15, 0.2) is 30.3 Å². The monoisotopic (exact) mass is 309 g/mol. The molecular weight excluding hydrogens is 292 g/mol. The molecule has 0 atom stereocenters. The van der Waals surface area contributed by atoms with Crippen molar-refractivity contribution in [1.82, 2.24) is 5.32 Å². The summed E-state index contributed by atoms with van der Waals surface area (Å²) in [4.78, 5) is 0. The summed E-state index contributed by atoms with van der Waals surface area (Å²) in [5, 5.41) is 3.70. The Morgan fingerprint density at radius 2 is 1.81 bits per heavy atom. The molecule has 0 fully saturated rings. The van der Waals surface area contributed by atoms with Gasteiger partial charge in [-0.1, -0.05) is 30.7 Å². The van der Waals surface area contributed by atoms with Gasteiger partial charge < -0.3 is 5.32 Å². The van der Waals surface area contributed by atoms with Crippen molar-refractivity contribution >= 4 is 11.6 Å². The van der Waals surface area contributed by atoms with Gasteiger partial charge in [0.05, 0.1) is 0 Å². The maximum Gasteiger partial charge on any atom is 0.131 e. The van der Waals surface area contributed by atoms with E-state index in [2.05, 4.69) is 12.2 Å². The molecule has 112 valence electrons. The Bertz CT molecular complexity index is 641. The van der Waals surface area contributed by atoms with Crippen molar-refractivity contribution in [1.29, 1.82) is 0 Å². The summed E-state index contributed by atoms with van der Waals surface area (Å²) in [6, 6.07) is 7.79. The van der Waals surface area contributed by atoms with Gasteiger partial charge in [-0.05, 0) is 49.2 Å². The fraction of sp³-hybridized carbons (Fsp3) is 0.294. The third-order valence-electron chi connectivity index (χ3n) is 3.33. The van der Waals surface area contributed by atoms with Gasteiger partial charge in [0.15, 0.2) is 0 Å². The van der Waals surface area contributed by atoms with Crippen LogP contribution in [0.5, 0.6) is 0 Å². The summed E-state index contributed by atoms with van der Waals surface area (Å²) in [6.07, 6.45) is 1.06. The second-order valence-electron chi connectivity index (χ2n) is 5.07. The van der Waals surface area contributed by atoms with Gasteiger partial charge in [-0.3, -0.25) is 0 Å². The highest BCUT2D eigenvalue weighted by Gasteiger charge is 2.12. The highest BCUT2D eigenvalue weighted by Crippen LogP contribution is 2.32. The lowest BCUT2D eigenvalue weighted by molar-refractivity contribution is 0.595. The first-order valence-electron chi connectivity index (χ1n) is 6.98. The lowest BCUT2D eigenvalue weighted by Gasteiger charge is -2.10. The van der Waals surface area contributed by atoms with Crippen molar-refractivity contribution in [2.24, 2.45) is 0 Å². The molecule has 4 heteroatoms. The molecule has 0 amide bonds. The van der Waals surface area contributed by atoms with Crippen LogP contribution in [-0.2, 0) is 6.54 Å². The molecule has 2 aromatic rings. The van der Waals surface area contributed by atoms with Crippen LogP contribution in [0.4, 0.5) is 8.78 Å². The van der Waals surface area contributed by atoms with E-state index in [-0.39, 0.29) is 11.1 Å². The number of halogens is 3. The van der Waals surface area contributed by atoms with Gasteiger partial charge in [-0.2, -0.15) is 0 Å². The Labute approximate surface area is 128 Å². The van der Waals surface area contributed by atoms with Crippen molar-refractivity contribution in [3.8, 4) is 11.1 Å². The van der Waals surface area contributed by atoms with E-state index in [1.54, 1.807) is 12.1 Å². The topological polar surface area (TPSA) is 12.0 Å². The standard InChI is InChI=1S/C17H18ClF2N/c1-3-6-21-10-12-4-5-13(15(18)8-12)14-9-16(19)11(2)7-17(14)20/h4-5,7-9,21H,3,6,10H2,1-2H3. The molecule has 0 saturated heterocycles. The Balaban J connectivity index is 2.31. The Kier molecular flexibility index (Phi) is 5.32. The third-order valence-corrected chi connectivity index (χ3v) is 3.64. The predicted molar refractivity (Wildman–Crippen MR) is 83.5 cm³/mol. The van der Waals surface area contributed by atoms with Crippen LogP contribution in [0.2, 0.25) is 5.02 Å². The van der Waals surface area contributed by atoms with Crippen LogP contribution < -0.4 is 5.32 Å². The van der Waals surface area contributed by atoms with Crippen LogP contribution in [0.25, 0.3) is 11.1 Å². The van der Waals surface area contributed by atoms with Gasteiger partial charge in [0.25, 0.3) is 0 Å². The summed E-state index contributed by atoms with van der Waals surface area (Å²) in [5.74, 6) is -0.899. The van der Waals surface area contributed by atoms with Crippen molar-refractivity contribution in [2.75, 3.05) is 6.54 Å². The first-order valence-corrected chi connectivity index (χ1v) is 7.36. The number of rotatable bonds is 5. The minimum Gasteiger partial charge on any atom is -0.313 e. The van der Waals surface area contributed by atoms with E-state index >= 15 is 0 Å². The molecule has 1 N–H and O–H groups in total. The van der Waals surface area contributed by atoms with Crippen LogP contribution in [0, 0.1) is 18.6 Å². The smallest absolute Gasteiger partial charge is 0.131 e. The number of hydrogen-bond acceptors (Lipinski definition) is 1. The molecule has 0 aliphatic rings. The highest BCUT2D eigenvalue weighted by molar-refractivity contribution is 6.33. The average Bonchev–Trinajstić information content (AvgIpc) is 2.44. The molecular formula is C17H18ClF2N. The van der Waals surface area contributed by atoms with E-state index in [0.29, 0.717) is 17.1 Å². The number of hydrogen-bond donors (Lipinski definition) is 1. The fourth-order valence-corrected chi connectivity index (χ4v) is 2.45. The van der Waals surface area contributed by atoms with E-state index in [9.17, 15) is 8.78 Å². The lowest BCUT2D eigenvalue weighted by Crippen LogP contribution is -2.13. The first kappa shape index (κ1) is 15.9. The maximum absolute atomic E-state index is 14.0. The molecule has 0 aromatic heterocycles. The first-order chi connectivity index (χ1) is 10.0. The van der Waals surface area contributed by atoms with Gasteiger partial charge in [-0.25, -0.2) is 8.78 Å².